The molecule has 3 aromatic rings. The van der Waals surface area contributed by atoms with Gasteiger partial charge in [-0.3, -0.25) is 14.3 Å². The minimum Gasteiger partial charge on any atom is -0.508 e. The molecule has 0 radical (unpaired) electrons. The second kappa shape index (κ2) is 15.3. The summed E-state index contributed by atoms with van der Waals surface area (Å²) in [6.45, 7) is 4.68. The molecule has 2 aromatic carbocycles. The molecule has 0 bridgehead atoms. The summed E-state index contributed by atoms with van der Waals surface area (Å²) in [7, 11) is 1.92. The first-order valence-corrected chi connectivity index (χ1v) is 13.2. The van der Waals surface area contributed by atoms with Crippen LogP contribution >= 0.6 is 23.3 Å². The lowest BCUT2D eigenvalue weighted by atomic mass is 10.1. The van der Waals surface area contributed by atoms with E-state index >= 15 is 0 Å². The number of carbonyl (C=O) groups excluding carboxylic acids is 2. The number of thiazole rings is 1. The summed E-state index contributed by atoms with van der Waals surface area (Å²) in [6, 6.07) is 13.1. The van der Waals surface area contributed by atoms with E-state index in [-0.39, 0.29) is 23.9 Å². The number of aryl methyl sites for hydroxylation is 2. The van der Waals surface area contributed by atoms with Crippen LogP contribution in [-0.4, -0.2) is 46.5 Å². The van der Waals surface area contributed by atoms with Crippen molar-refractivity contribution in [2.75, 3.05) is 19.3 Å². The molecule has 0 fully saturated rings. The summed E-state index contributed by atoms with van der Waals surface area (Å²) < 4.78 is 16.8. The van der Waals surface area contributed by atoms with E-state index in [2.05, 4.69) is 16.6 Å². The average Bonchev–Trinajstić information content (AvgIpc) is 3.21. The lowest BCUT2D eigenvalue weighted by Gasteiger charge is -2.22. The Balaban J connectivity index is 0.000000784. The second-order valence-electron chi connectivity index (χ2n) is 7.66. The van der Waals surface area contributed by atoms with Gasteiger partial charge in [0.15, 0.2) is 6.29 Å². The van der Waals surface area contributed by atoms with E-state index in [1.54, 1.807) is 59.3 Å². The van der Waals surface area contributed by atoms with Gasteiger partial charge in [0.1, 0.15) is 22.3 Å². The molecule has 0 aliphatic heterocycles. The predicted octanol–water partition coefficient (Wildman–Crippen LogP) is 5.19. The molecule has 0 atom stereocenters. The number of aromatic nitrogens is 1. The van der Waals surface area contributed by atoms with Crippen LogP contribution in [0.25, 0.3) is 0 Å². The highest BCUT2D eigenvalue weighted by atomic mass is 32.2. The number of nitrogens with one attached hydrogen (secondary N) is 1. The van der Waals surface area contributed by atoms with Crippen molar-refractivity contribution in [1.29, 1.82) is 0 Å². The quantitative estimate of drug-likeness (QED) is 0.269. The molecule has 0 saturated carbocycles. The molecule has 1 aromatic heterocycles. The van der Waals surface area contributed by atoms with Gasteiger partial charge in [-0.05, 0) is 56.1 Å². The number of amides is 1. The number of carbonyl (C=O) groups is 2. The van der Waals surface area contributed by atoms with Gasteiger partial charge in [-0.15, -0.1) is 11.3 Å². The molecule has 0 spiro atoms. The van der Waals surface area contributed by atoms with Crippen LogP contribution in [0.1, 0.15) is 44.8 Å². The SMILES string of the molecule is CCSNC.Cc1sc(CN(CCCc2ccccc2F)C(=O)Cc2ccc(O)cc2)nc1C=O. The molecule has 3 rings (SSSR count). The molecule has 0 aliphatic carbocycles. The summed E-state index contributed by atoms with van der Waals surface area (Å²) in [5.74, 6) is 0.962. The van der Waals surface area contributed by atoms with E-state index in [0.717, 1.165) is 22.5 Å². The van der Waals surface area contributed by atoms with Gasteiger partial charge in [-0.1, -0.05) is 49.2 Å². The maximum Gasteiger partial charge on any atom is 0.227 e. The van der Waals surface area contributed by atoms with Gasteiger partial charge in [-0.2, -0.15) is 0 Å². The fraction of sp³-hybridized carbons (Fsp3) is 0.346. The normalized spacial score (nSPS) is 10.4. The molecule has 6 nitrogen and oxygen atoms in total. The van der Waals surface area contributed by atoms with Crippen LogP contribution in [0.4, 0.5) is 4.39 Å². The number of halogens is 1. The highest BCUT2D eigenvalue weighted by Gasteiger charge is 2.18. The van der Waals surface area contributed by atoms with Gasteiger partial charge < -0.3 is 10.0 Å². The van der Waals surface area contributed by atoms with Crippen LogP contribution in [0.3, 0.4) is 0 Å². The third kappa shape index (κ3) is 9.79. The zero-order valence-corrected chi connectivity index (χ0v) is 21.9. The molecule has 0 aliphatic rings. The Hall–Kier alpha value is -2.75. The lowest BCUT2D eigenvalue weighted by Crippen LogP contribution is -2.33. The third-order valence-electron chi connectivity index (χ3n) is 5.08. The minimum absolute atomic E-state index is 0.0882. The molecule has 188 valence electrons. The number of benzene rings is 2. The van der Waals surface area contributed by atoms with E-state index in [1.165, 1.54) is 17.4 Å². The van der Waals surface area contributed by atoms with Gasteiger partial charge in [0.2, 0.25) is 5.91 Å². The molecule has 0 saturated heterocycles. The summed E-state index contributed by atoms with van der Waals surface area (Å²) in [5, 5.41) is 10.1. The van der Waals surface area contributed by atoms with Gasteiger partial charge in [0, 0.05) is 17.2 Å². The number of hydrogen-bond acceptors (Lipinski definition) is 7. The molecular formula is C26H32FN3O3S2. The van der Waals surface area contributed by atoms with Crippen LogP contribution in [0, 0.1) is 12.7 Å². The second-order valence-corrected chi connectivity index (χ2v) is 10.2. The van der Waals surface area contributed by atoms with Crippen molar-refractivity contribution in [2.24, 2.45) is 0 Å². The van der Waals surface area contributed by atoms with Crippen molar-refractivity contribution in [2.45, 2.75) is 39.7 Å². The van der Waals surface area contributed by atoms with Crippen molar-refractivity contribution in [3.63, 3.8) is 0 Å². The first-order chi connectivity index (χ1) is 16.9. The number of aromatic hydroxyl groups is 1. The minimum atomic E-state index is -0.245. The zero-order valence-electron chi connectivity index (χ0n) is 20.3. The molecule has 0 unspecified atom stereocenters. The van der Waals surface area contributed by atoms with E-state index < -0.39 is 0 Å². The zero-order chi connectivity index (χ0) is 25.6. The fourth-order valence-corrected chi connectivity index (χ4v) is 4.51. The van der Waals surface area contributed by atoms with Gasteiger partial charge >= 0.3 is 0 Å². The number of phenolic OH excluding ortho intramolecular Hbond substituents is 1. The lowest BCUT2D eigenvalue weighted by molar-refractivity contribution is -0.131. The number of nitrogens with zero attached hydrogens (tertiary/aromatic N) is 2. The van der Waals surface area contributed by atoms with Gasteiger partial charge in [0.05, 0.1) is 13.0 Å². The van der Waals surface area contributed by atoms with Crippen LogP contribution in [0.5, 0.6) is 5.75 Å². The fourth-order valence-electron chi connectivity index (χ4n) is 3.30. The largest absolute Gasteiger partial charge is 0.508 e. The number of aldehydes is 1. The van der Waals surface area contributed by atoms with Crippen molar-refractivity contribution < 1.29 is 19.1 Å². The summed E-state index contributed by atoms with van der Waals surface area (Å²) in [6.07, 6.45) is 2.03. The molecule has 35 heavy (non-hydrogen) atoms. The predicted molar refractivity (Wildman–Crippen MR) is 141 cm³/mol. The van der Waals surface area contributed by atoms with Crippen LogP contribution < -0.4 is 4.72 Å². The van der Waals surface area contributed by atoms with Crippen molar-refractivity contribution in [3.05, 3.63) is 81.1 Å². The van der Waals surface area contributed by atoms with Crippen molar-refractivity contribution in [3.8, 4) is 5.75 Å². The van der Waals surface area contributed by atoms with E-state index in [0.29, 0.717) is 42.2 Å². The molecule has 1 amide bonds. The third-order valence-corrected chi connectivity index (χ3v) is 6.63. The van der Waals surface area contributed by atoms with Gasteiger partial charge in [-0.25, -0.2) is 9.37 Å². The molecular weight excluding hydrogens is 485 g/mol. The summed E-state index contributed by atoms with van der Waals surface area (Å²) in [5.41, 5.74) is 1.81. The molecule has 9 heteroatoms. The smallest absolute Gasteiger partial charge is 0.227 e. The maximum absolute atomic E-state index is 13.9. The Labute approximate surface area is 214 Å². The molecule has 2 N–H and O–H groups in total. The Kier molecular flexibility index (Phi) is 12.4. The van der Waals surface area contributed by atoms with Crippen LogP contribution in [0.15, 0.2) is 48.5 Å². The Morgan fingerprint density at radius 3 is 2.51 bits per heavy atom. The Bertz CT molecular complexity index is 1070. The highest BCUT2D eigenvalue weighted by Crippen LogP contribution is 2.19. The average molecular weight is 518 g/mol. The summed E-state index contributed by atoms with van der Waals surface area (Å²) >= 11 is 3.11. The molecule has 1 heterocycles. The first kappa shape index (κ1) is 28.5. The van der Waals surface area contributed by atoms with Crippen LogP contribution in [-0.2, 0) is 24.2 Å². The van der Waals surface area contributed by atoms with Crippen molar-refractivity contribution >= 4 is 35.5 Å². The number of phenols is 1. The standard InChI is InChI=1S/C23H23FN2O3S.C3H9NS/c1-16-21(15-27)25-22(30-16)14-26(12-4-6-18-5-2-3-7-20(18)24)23(29)13-17-8-10-19(28)11-9-17;1-3-5-4-2/h2-3,5,7-11,15,28H,4,6,12-14H2,1H3;4H,3H2,1-2H3. The Morgan fingerprint density at radius 1 is 1.23 bits per heavy atom. The van der Waals surface area contributed by atoms with Crippen molar-refractivity contribution in [1.82, 2.24) is 14.6 Å². The van der Waals surface area contributed by atoms with Gasteiger partial charge in [0.25, 0.3) is 0 Å². The monoisotopic (exact) mass is 517 g/mol. The Morgan fingerprint density at radius 2 is 1.94 bits per heavy atom. The first-order valence-electron chi connectivity index (χ1n) is 11.4. The topological polar surface area (TPSA) is 82.5 Å². The number of rotatable bonds is 11. The van der Waals surface area contributed by atoms with E-state index in [1.807, 2.05) is 14.0 Å². The maximum atomic E-state index is 13.9. The summed E-state index contributed by atoms with van der Waals surface area (Å²) in [4.78, 5) is 30.9. The number of hydrogen-bond donors (Lipinski definition) is 2. The van der Waals surface area contributed by atoms with E-state index in [4.69, 9.17) is 0 Å². The van der Waals surface area contributed by atoms with E-state index in [9.17, 15) is 19.1 Å². The highest BCUT2D eigenvalue weighted by molar-refractivity contribution is 7.97. The van der Waals surface area contributed by atoms with Crippen LogP contribution in [0.2, 0.25) is 0 Å².